The van der Waals surface area contributed by atoms with Crippen molar-refractivity contribution in [3.05, 3.63) is 108 Å². The summed E-state index contributed by atoms with van der Waals surface area (Å²) in [5.74, 6) is 0.607. The van der Waals surface area contributed by atoms with E-state index in [1.165, 1.54) is 86.5 Å². The molecule has 0 unspecified atom stereocenters. The molecular weight excluding hydrogens is 633 g/mol. The highest BCUT2D eigenvalue weighted by atomic mass is 16.3. The number of aromatic hydroxyl groups is 2. The van der Waals surface area contributed by atoms with Crippen molar-refractivity contribution >= 4 is 118 Å². The molecule has 0 aromatic heterocycles. The molecule has 0 spiro atoms. The standard InChI is InChI=1S/C50H36O2/c1-49(2,3)23-13-15-25-27-9-7-11-31-37(27)45-43(33(25)21-23)44-34-22-24(50(4,5)6)14-16-26(34)28-10-8-12-32-38(28)46(44)48-42-30(18-20-36(52)40(32)42)29-17-19-35(51)39(31)41(29)47(45)48/h7-22,51-52H,1-6H3. The molecule has 0 aliphatic heterocycles. The Kier molecular flexibility index (Phi) is 4.86. The predicted molar refractivity (Wildman–Crippen MR) is 224 cm³/mol. The average molecular weight is 669 g/mol. The van der Waals surface area contributed by atoms with Crippen LogP contribution < -0.4 is 0 Å². The van der Waals surface area contributed by atoms with Gasteiger partial charge >= 0.3 is 0 Å². The smallest absolute Gasteiger partial charge is 0.124 e. The highest BCUT2D eigenvalue weighted by Gasteiger charge is 2.31. The van der Waals surface area contributed by atoms with Crippen LogP contribution in [0.3, 0.4) is 0 Å². The summed E-state index contributed by atoms with van der Waals surface area (Å²) >= 11 is 0. The van der Waals surface area contributed by atoms with E-state index in [0.717, 1.165) is 43.1 Å². The quantitative estimate of drug-likeness (QED) is 0.125. The molecule has 12 aromatic carbocycles. The molecule has 0 aliphatic rings. The van der Waals surface area contributed by atoms with Crippen molar-refractivity contribution < 1.29 is 10.2 Å². The number of rotatable bonds is 0. The number of phenolic OH excluding ortho intramolecular Hbond substituents is 2. The lowest BCUT2D eigenvalue weighted by Gasteiger charge is -2.28. The van der Waals surface area contributed by atoms with Gasteiger partial charge in [0, 0.05) is 32.3 Å². The van der Waals surface area contributed by atoms with E-state index in [2.05, 4.69) is 126 Å². The molecule has 52 heavy (non-hydrogen) atoms. The van der Waals surface area contributed by atoms with Crippen molar-refractivity contribution in [3.8, 4) is 11.5 Å². The molecule has 0 bridgehead atoms. The van der Waals surface area contributed by atoms with Gasteiger partial charge in [-0.3, -0.25) is 0 Å². The average Bonchev–Trinajstić information content (AvgIpc) is 3.12. The fourth-order valence-electron chi connectivity index (χ4n) is 10.4. The van der Waals surface area contributed by atoms with Crippen molar-refractivity contribution in [3.63, 3.8) is 0 Å². The van der Waals surface area contributed by atoms with E-state index in [0.29, 0.717) is 11.5 Å². The summed E-state index contributed by atoms with van der Waals surface area (Å²) in [4.78, 5) is 0. The lowest BCUT2D eigenvalue weighted by molar-refractivity contribution is 0.481. The Balaban J connectivity index is 1.59. The van der Waals surface area contributed by atoms with Crippen LogP contribution in [0.1, 0.15) is 52.7 Å². The summed E-state index contributed by atoms with van der Waals surface area (Å²) in [5.41, 5.74) is 2.54. The fraction of sp³-hybridized carbons (Fsp3) is 0.160. The Morgan fingerprint density at radius 3 is 1.02 bits per heavy atom. The molecule has 0 heterocycles. The number of fused-ring (bicyclic) bond motifs is 10. The highest BCUT2D eigenvalue weighted by molar-refractivity contribution is 6.59. The minimum Gasteiger partial charge on any atom is -0.507 e. The van der Waals surface area contributed by atoms with Crippen LogP contribution in [0.5, 0.6) is 11.5 Å². The minimum atomic E-state index is -0.0396. The van der Waals surface area contributed by atoms with Crippen LogP contribution in [0.15, 0.2) is 97.1 Å². The summed E-state index contributed by atoms with van der Waals surface area (Å²) in [6.07, 6.45) is 0. The van der Waals surface area contributed by atoms with Gasteiger partial charge < -0.3 is 10.2 Å². The normalized spacial score (nSPS) is 13.7. The monoisotopic (exact) mass is 668 g/mol. The summed E-state index contributed by atoms with van der Waals surface area (Å²) in [5, 5.41) is 49.4. The molecule has 0 saturated carbocycles. The van der Waals surface area contributed by atoms with Gasteiger partial charge in [0.2, 0.25) is 0 Å². The first-order valence-electron chi connectivity index (χ1n) is 18.5. The third-order valence-electron chi connectivity index (χ3n) is 12.7. The third-order valence-corrected chi connectivity index (χ3v) is 12.7. The summed E-state index contributed by atoms with van der Waals surface area (Å²) in [6.45, 7) is 13.8. The summed E-state index contributed by atoms with van der Waals surface area (Å²) in [6, 6.07) is 35.5. The van der Waals surface area contributed by atoms with Crippen molar-refractivity contribution in [2.75, 3.05) is 0 Å². The van der Waals surface area contributed by atoms with Gasteiger partial charge in [-0.2, -0.15) is 0 Å². The van der Waals surface area contributed by atoms with E-state index < -0.39 is 0 Å². The van der Waals surface area contributed by atoms with E-state index in [9.17, 15) is 10.2 Å². The van der Waals surface area contributed by atoms with E-state index in [1.54, 1.807) is 0 Å². The first kappa shape index (κ1) is 28.8. The second kappa shape index (κ2) is 8.77. The SMILES string of the molecule is CC(C)(C)c1ccc2c3cccc4c5c(O)ccc6c7ccc(O)c8c9cccc%10c%11ccc(C(C)(C)C)cc%11c%11c(c2c1)c(c34)c(c65)c(c78)c%11c%109. The van der Waals surface area contributed by atoms with Gasteiger partial charge in [-0.15, -0.1) is 0 Å². The third kappa shape index (κ3) is 3.12. The predicted octanol–water partition coefficient (Wildman–Crippen LogP) is 14.1. The minimum absolute atomic E-state index is 0.0396. The molecule has 0 saturated heterocycles. The van der Waals surface area contributed by atoms with Crippen molar-refractivity contribution in [1.82, 2.24) is 0 Å². The zero-order chi connectivity index (χ0) is 35.3. The van der Waals surface area contributed by atoms with Crippen LogP contribution in [-0.2, 0) is 10.8 Å². The van der Waals surface area contributed by atoms with Crippen molar-refractivity contribution in [1.29, 1.82) is 0 Å². The second-order valence-corrected chi connectivity index (χ2v) is 17.5. The number of benzene rings is 12. The Morgan fingerprint density at radius 1 is 0.288 bits per heavy atom. The van der Waals surface area contributed by atoms with Gasteiger partial charge in [-0.1, -0.05) is 114 Å². The fourth-order valence-corrected chi connectivity index (χ4v) is 10.4. The van der Waals surface area contributed by atoms with E-state index >= 15 is 0 Å². The molecule has 12 rings (SSSR count). The van der Waals surface area contributed by atoms with Gasteiger partial charge in [0.15, 0.2) is 0 Å². The van der Waals surface area contributed by atoms with Gasteiger partial charge in [-0.25, -0.2) is 0 Å². The zero-order valence-corrected chi connectivity index (χ0v) is 30.1. The molecule has 0 radical (unpaired) electrons. The first-order chi connectivity index (χ1) is 24.9. The maximum Gasteiger partial charge on any atom is 0.124 e. The molecule has 0 fully saturated rings. The van der Waals surface area contributed by atoms with Crippen LogP contribution in [0, 0.1) is 0 Å². The maximum atomic E-state index is 11.9. The van der Waals surface area contributed by atoms with E-state index in [-0.39, 0.29) is 10.8 Å². The molecule has 0 amide bonds. The molecule has 248 valence electrons. The van der Waals surface area contributed by atoms with E-state index in [1.807, 2.05) is 12.1 Å². The Morgan fingerprint density at radius 2 is 0.615 bits per heavy atom. The Hall–Kier alpha value is -5.86. The van der Waals surface area contributed by atoms with Gasteiger partial charge in [-0.05, 0) is 132 Å². The number of hydrogen-bond donors (Lipinski definition) is 2. The zero-order valence-electron chi connectivity index (χ0n) is 30.1. The molecular formula is C50H36O2. The topological polar surface area (TPSA) is 40.5 Å². The molecule has 2 nitrogen and oxygen atoms in total. The van der Waals surface area contributed by atoms with Crippen molar-refractivity contribution in [2.24, 2.45) is 0 Å². The Labute approximate surface area is 299 Å². The van der Waals surface area contributed by atoms with Gasteiger partial charge in [0.05, 0.1) is 0 Å². The van der Waals surface area contributed by atoms with Crippen molar-refractivity contribution in [2.45, 2.75) is 52.4 Å². The van der Waals surface area contributed by atoms with Gasteiger partial charge in [0.1, 0.15) is 11.5 Å². The van der Waals surface area contributed by atoms with Crippen LogP contribution in [0.4, 0.5) is 0 Å². The first-order valence-corrected chi connectivity index (χ1v) is 18.5. The van der Waals surface area contributed by atoms with Crippen LogP contribution >= 0.6 is 0 Å². The summed E-state index contributed by atoms with van der Waals surface area (Å²) in [7, 11) is 0. The van der Waals surface area contributed by atoms with Crippen LogP contribution in [0.25, 0.3) is 118 Å². The molecule has 0 aliphatic carbocycles. The molecule has 2 N–H and O–H groups in total. The second-order valence-electron chi connectivity index (χ2n) is 17.5. The Bertz CT molecular complexity index is 3300. The molecule has 12 aromatic rings. The molecule has 0 atom stereocenters. The lowest BCUT2D eigenvalue weighted by Crippen LogP contribution is -2.11. The summed E-state index contributed by atoms with van der Waals surface area (Å²) < 4.78 is 0. The number of hydrogen-bond acceptors (Lipinski definition) is 2. The molecule has 2 heteroatoms. The van der Waals surface area contributed by atoms with Crippen LogP contribution in [0.2, 0.25) is 0 Å². The lowest BCUT2D eigenvalue weighted by atomic mass is 9.74. The van der Waals surface area contributed by atoms with E-state index in [4.69, 9.17) is 0 Å². The highest BCUT2D eigenvalue weighted by Crippen LogP contribution is 2.59. The maximum absolute atomic E-state index is 11.9. The largest absolute Gasteiger partial charge is 0.507 e. The van der Waals surface area contributed by atoms with Gasteiger partial charge in [0.25, 0.3) is 0 Å². The van der Waals surface area contributed by atoms with Crippen LogP contribution in [-0.4, -0.2) is 10.2 Å². The number of phenols is 2.